The van der Waals surface area contributed by atoms with Crippen LogP contribution in [0, 0.1) is 0 Å². The lowest BCUT2D eigenvalue weighted by Gasteiger charge is -2.35. The molecule has 0 aliphatic carbocycles. The molecule has 0 spiro atoms. The third kappa shape index (κ3) is 4.18. The number of sulfone groups is 1. The van der Waals surface area contributed by atoms with Gasteiger partial charge >= 0.3 is 0 Å². The Morgan fingerprint density at radius 2 is 1.70 bits per heavy atom. The number of rotatable bonds is 5. The van der Waals surface area contributed by atoms with Gasteiger partial charge in [-0.3, -0.25) is 4.79 Å². The molecule has 3 aromatic rings. The van der Waals surface area contributed by atoms with Gasteiger partial charge in [-0.05, 0) is 30.3 Å². The molecular formula is C22H22N2O5S. The molecule has 8 heteroatoms. The Bertz CT molecular complexity index is 1130. The summed E-state index contributed by atoms with van der Waals surface area (Å²) in [5.41, 5.74) is 1.26. The second-order valence-corrected chi connectivity index (χ2v) is 9.14. The Labute approximate surface area is 175 Å². The average Bonchev–Trinajstić information content (AvgIpc) is 3.21. The van der Waals surface area contributed by atoms with Gasteiger partial charge in [-0.2, -0.15) is 0 Å². The number of carbonyl (C=O) groups is 1. The third-order valence-electron chi connectivity index (χ3n) is 5.15. The van der Waals surface area contributed by atoms with Crippen molar-refractivity contribution in [3.8, 4) is 5.75 Å². The van der Waals surface area contributed by atoms with Crippen LogP contribution in [0.3, 0.4) is 0 Å². The number of hydrogen-bond donors (Lipinski definition) is 1. The predicted molar refractivity (Wildman–Crippen MR) is 112 cm³/mol. The fourth-order valence-electron chi connectivity index (χ4n) is 3.55. The van der Waals surface area contributed by atoms with Crippen molar-refractivity contribution in [1.29, 1.82) is 0 Å². The zero-order valence-corrected chi connectivity index (χ0v) is 17.1. The molecule has 0 saturated carbocycles. The third-order valence-corrected chi connectivity index (χ3v) is 6.83. The normalized spacial score (nSPS) is 14.7. The van der Waals surface area contributed by atoms with Gasteiger partial charge in [-0.1, -0.05) is 24.3 Å². The highest BCUT2D eigenvalue weighted by atomic mass is 32.2. The Morgan fingerprint density at radius 3 is 2.40 bits per heavy atom. The van der Waals surface area contributed by atoms with Gasteiger partial charge in [0, 0.05) is 43.5 Å². The standard InChI is InChI=1S/C22H22N2O5S/c25-19-6-4-5-18(15-19)23-10-12-24(13-11-23)22(26)21-17(9-14-29-21)16-30(27,28)20-7-2-1-3-8-20/h1-9,14-15,25H,10-13,16H2. The summed E-state index contributed by atoms with van der Waals surface area (Å²) in [5, 5.41) is 9.66. The minimum absolute atomic E-state index is 0.0697. The number of nitrogens with zero attached hydrogens (tertiary/aromatic N) is 2. The molecule has 2 heterocycles. The van der Waals surface area contributed by atoms with E-state index in [0.29, 0.717) is 31.7 Å². The van der Waals surface area contributed by atoms with Crippen LogP contribution in [-0.2, 0) is 15.6 Å². The fourth-order valence-corrected chi connectivity index (χ4v) is 4.93. The summed E-state index contributed by atoms with van der Waals surface area (Å²) in [6.07, 6.45) is 1.35. The maximum atomic E-state index is 13.0. The van der Waals surface area contributed by atoms with E-state index in [9.17, 15) is 18.3 Å². The maximum Gasteiger partial charge on any atom is 0.289 e. The van der Waals surface area contributed by atoms with Crippen molar-refractivity contribution in [2.75, 3.05) is 31.1 Å². The molecule has 4 rings (SSSR count). The maximum absolute atomic E-state index is 13.0. The van der Waals surface area contributed by atoms with Crippen molar-refractivity contribution in [1.82, 2.24) is 4.90 Å². The number of benzene rings is 2. The van der Waals surface area contributed by atoms with Crippen LogP contribution < -0.4 is 4.90 Å². The first kappa shape index (κ1) is 20.0. The molecule has 0 unspecified atom stereocenters. The summed E-state index contributed by atoms with van der Waals surface area (Å²) in [6.45, 7) is 2.15. The number of hydrogen-bond acceptors (Lipinski definition) is 6. The van der Waals surface area contributed by atoms with Gasteiger partial charge in [0.05, 0.1) is 16.9 Å². The van der Waals surface area contributed by atoms with Crippen LogP contribution in [0.5, 0.6) is 5.75 Å². The lowest BCUT2D eigenvalue weighted by atomic mass is 10.2. The van der Waals surface area contributed by atoms with Crippen molar-refractivity contribution in [3.05, 3.63) is 78.3 Å². The molecule has 1 aromatic heterocycles. The van der Waals surface area contributed by atoms with Crippen molar-refractivity contribution in [2.45, 2.75) is 10.6 Å². The highest BCUT2D eigenvalue weighted by Crippen LogP contribution is 2.24. The number of furan rings is 1. The minimum atomic E-state index is -3.58. The molecule has 1 saturated heterocycles. The molecule has 1 N–H and O–H groups in total. The Balaban J connectivity index is 1.45. The van der Waals surface area contributed by atoms with E-state index in [0.717, 1.165) is 5.69 Å². The van der Waals surface area contributed by atoms with Gasteiger partial charge < -0.3 is 19.3 Å². The van der Waals surface area contributed by atoms with Crippen molar-refractivity contribution < 1.29 is 22.7 Å². The molecule has 1 fully saturated rings. The highest BCUT2D eigenvalue weighted by molar-refractivity contribution is 7.90. The summed E-state index contributed by atoms with van der Waals surface area (Å²) in [6, 6.07) is 16.7. The molecule has 1 aliphatic rings. The zero-order chi connectivity index (χ0) is 21.1. The van der Waals surface area contributed by atoms with Gasteiger partial charge in [0.25, 0.3) is 5.91 Å². The molecule has 30 heavy (non-hydrogen) atoms. The molecule has 0 bridgehead atoms. The Kier molecular flexibility index (Phi) is 5.50. The van der Waals surface area contributed by atoms with E-state index in [2.05, 4.69) is 4.90 Å². The largest absolute Gasteiger partial charge is 0.508 e. The average molecular weight is 426 g/mol. The van der Waals surface area contributed by atoms with Crippen molar-refractivity contribution >= 4 is 21.4 Å². The number of anilines is 1. The fraction of sp³-hybridized carbons (Fsp3) is 0.227. The van der Waals surface area contributed by atoms with Gasteiger partial charge in [0.2, 0.25) is 0 Å². The van der Waals surface area contributed by atoms with Gasteiger partial charge in [-0.25, -0.2) is 8.42 Å². The zero-order valence-electron chi connectivity index (χ0n) is 16.3. The SMILES string of the molecule is O=C(c1occc1CS(=O)(=O)c1ccccc1)N1CCN(c2cccc(O)c2)CC1. The van der Waals surface area contributed by atoms with Crippen molar-refractivity contribution in [2.24, 2.45) is 0 Å². The number of aromatic hydroxyl groups is 1. The smallest absolute Gasteiger partial charge is 0.289 e. The van der Waals surface area contributed by atoms with Crippen LogP contribution in [-0.4, -0.2) is 50.5 Å². The second-order valence-electron chi connectivity index (χ2n) is 7.15. The first-order valence-corrected chi connectivity index (χ1v) is 11.3. The predicted octanol–water partition coefficient (Wildman–Crippen LogP) is 2.92. The quantitative estimate of drug-likeness (QED) is 0.675. The number of phenols is 1. The van der Waals surface area contributed by atoms with E-state index >= 15 is 0 Å². The Hall–Kier alpha value is -3.26. The van der Waals surface area contributed by atoms with E-state index < -0.39 is 9.84 Å². The summed E-state index contributed by atoms with van der Waals surface area (Å²) in [5.74, 6) is -0.335. The highest BCUT2D eigenvalue weighted by Gasteiger charge is 2.28. The van der Waals surface area contributed by atoms with Crippen molar-refractivity contribution in [3.63, 3.8) is 0 Å². The van der Waals surface area contributed by atoms with Crippen LogP contribution in [0.1, 0.15) is 16.1 Å². The number of phenolic OH excluding ortho intramolecular Hbond substituents is 1. The van der Waals surface area contributed by atoms with Crippen LogP contribution in [0.25, 0.3) is 0 Å². The molecule has 156 valence electrons. The molecular weight excluding hydrogens is 404 g/mol. The van der Waals surface area contributed by atoms with Gasteiger partial charge in [0.15, 0.2) is 15.6 Å². The van der Waals surface area contributed by atoms with E-state index in [-0.39, 0.29) is 28.1 Å². The van der Waals surface area contributed by atoms with E-state index in [1.165, 1.54) is 24.5 Å². The van der Waals surface area contributed by atoms with Crippen LogP contribution >= 0.6 is 0 Å². The van der Waals surface area contributed by atoms with Crippen LogP contribution in [0.15, 0.2) is 76.2 Å². The second kappa shape index (κ2) is 8.23. The first-order valence-electron chi connectivity index (χ1n) is 9.61. The summed E-state index contributed by atoms with van der Waals surface area (Å²) in [7, 11) is -3.58. The van der Waals surface area contributed by atoms with E-state index in [1.807, 2.05) is 6.07 Å². The summed E-state index contributed by atoms with van der Waals surface area (Å²) >= 11 is 0. The topological polar surface area (TPSA) is 91.1 Å². The number of amides is 1. The lowest BCUT2D eigenvalue weighted by molar-refractivity contribution is 0.0713. The van der Waals surface area contributed by atoms with Crippen LogP contribution in [0.4, 0.5) is 5.69 Å². The van der Waals surface area contributed by atoms with E-state index in [1.54, 1.807) is 41.3 Å². The minimum Gasteiger partial charge on any atom is -0.508 e. The molecule has 2 aromatic carbocycles. The monoisotopic (exact) mass is 426 g/mol. The molecule has 7 nitrogen and oxygen atoms in total. The van der Waals surface area contributed by atoms with Crippen LogP contribution in [0.2, 0.25) is 0 Å². The summed E-state index contributed by atoms with van der Waals surface area (Å²) < 4.78 is 30.8. The number of piperazine rings is 1. The molecule has 1 amide bonds. The lowest BCUT2D eigenvalue weighted by Crippen LogP contribution is -2.48. The number of carbonyl (C=O) groups excluding carboxylic acids is 1. The molecule has 0 radical (unpaired) electrons. The summed E-state index contributed by atoms with van der Waals surface area (Å²) in [4.78, 5) is 16.9. The first-order chi connectivity index (χ1) is 14.4. The molecule has 1 aliphatic heterocycles. The Morgan fingerprint density at radius 1 is 0.967 bits per heavy atom. The molecule has 0 atom stereocenters. The van der Waals surface area contributed by atoms with Gasteiger partial charge in [-0.15, -0.1) is 0 Å². The van der Waals surface area contributed by atoms with E-state index in [4.69, 9.17) is 4.42 Å². The van der Waals surface area contributed by atoms with Gasteiger partial charge in [0.1, 0.15) is 5.75 Å².